The van der Waals surface area contributed by atoms with Crippen LogP contribution in [-0.4, -0.2) is 47.4 Å². The van der Waals surface area contributed by atoms with Crippen LogP contribution in [0.15, 0.2) is 88.4 Å². The van der Waals surface area contributed by atoms with E-state index in [2.05, 4.69) is 32.6 Å². The predicted octanol–water partition coefficient (Wildman–Crippen LogP) is 7.31. The minimum Gasteiger partial charge on any atom is -0.478 e. The van der Waals surface area contributed by atoms with Crippen LogP contribution in [0.4, 0.5) is 9.59 Å². The summed E-state index contributed by atoms with van der Waals surface area (Å²) in [5.74, 6) is -1.79. The maximum Gasteiger partial charge on any atom is 0.412 e. The van der Waals surface area contributed by atoms with E-state index >= 15 is 0 Å². The van der Waals surface area contributed by atoms with Crippen LogP contribution in [-0.2, 0) is 9.59 Å². The second-order valence-corrected chi connectivity index (χ2v) is 11.3. The van der Waals surface area contributed by atoms with E-state index < -0.39 is 24.1 Å². The quantitative estimate of drug-likeness (QED) is 0.0923. The summed E-state index contributed by atoms with van der Waals surface area (Å²) in [5, 5.41) is 35.6. The van der Waals surface area contributed by atoms with Gasteiger partial charge >= 0.3 is 24.1 Å². The molecule has 12 heteroatoms. The van der Waals surface area contributed by atoms with E-state index in [9.17, 15) is 24.4 Å². The Labute approximate surface area is 278 Å². The molecule has 0 radical (unpaired) electrons. The van der Waals surface area contributed by atoms with Crippen LogP contribution in [0.5, 0.6) is 11.5 Å². The van der Waals surface area contributed by atoms with Crippen LogP contribution in [0, 0.1) is 11.3 Å². The first-order chi connectivity index (χ1) is 22.5. The minimum absolute atomic E-state index is 0.121. The van der Waals surface area contributed by atoms with E-state index in [1.54, 1.807) is 42.5 Å². The second-order valence-electron chi connectivity index (χ2n) is 10.4. The Hall–Kier alpha value is -5.67. The molecule has 240 valence electrons. The first-order valence-corrected chi connectivity index (χ1v) is 15.2. The highest BCUT2D eigenvalue weighted by Gasteiger charge is 2.22. The molecule has 11 nitrogen and oxygen atoms in total. The molecule has 4 aromatic carbocycles. The normalized spacial score (nSPS) is 11.5. The highest BCUT2D eigenvalue weighted by molar-refractivity contribution is 9.10. The van der Waals surface area contributed by atoms with Gasteiger partial charge in [-0.25, -0.2) is 19.2 Å². The molecule has 0 fully saturated rings. The summed E-state index contributed by atoms with van der Waals surface area (Å²) in [6.07, 6.45) is 1.96. The van der Waals surface area contributed by atoms with Crippen molar-refractivity contribution in [1.82, 2.24) is 10.6 Å². The van der Waals surface area contributed by atoms with Gasteiger partial charge in [0.05, 0.1) is 11.6 Å². The topological polar surface area (TPSA) is 175 Å². The van der Waals surface area contributed by atoms with Crippen molar-refractivity contribution in [3.8, 4) is 28.7 Å². The van der Waals surface area contributed by atoms with Gasteiger partial charge in [0.15, 0.2) is 0 Å². The Balaban J connectivity index is 1.78. The lowest BCUT2D eigenvalue weighted by atomic mass is 9.91. The van der Waals surface area contributed by atoms with E-state index in [0.717, 1.165) is 9.86 Å². The molecule has 0 spiro atoms. The Bertz CT molecular complexity index is 1990. The number of carboxylic acid groups (broad SMARTS) is 2. The van der Waals surface area contributed by atoms with Gasteiger partial charge in [0, 0.05) is 39.8 Å². The van der Waals surface area contributed by atoms with Gasteiger partial charge in [0.25, 0.3) is 0 Å². The van der Waals surface area contributed by atoms with Gasteiger partial charge in [-0.3, -0.25) is 0 Å². The molecule has 4 N–H and O–H groups in total. The van der Waals surface area contributed by atoms with E-state index in [4.69, 9.17) is 19.7 Å². The van der Waals surface area contributed by atoms with E-state index in [1.807, 2.05) is 18.2 Å². The van der Waals surface area contributed by atoms with Gasteiger partial charge in [0.1, 0.15) is 11.5 Å². The van der Waals surface area contributed by atoms with Crippen molar-refractivity contribution < 1.29 is 38.9 Å². The Kier molecular flexibility index (Phi) is 11.3. The summed E-state index contributed by atoms with van der Waals surface area (Å²) >= 11 is 3.49. The first kappa shape index (κ1) is 34.2. The first-order valence-electron chi connectivity index (χ1n) is 14.4. The van der Waals surface area contributed by atoms with E-state index in [1.165, 1.54) is 26.0 Å². The van der Waals surface area contributed by atoms with Gasteiger partial charge in [0.2, 0.25) is 0 Å². The molecule has 0 aliphatic rings. The SMILES string of the molecule is C/C(=C\CCNC(=O)Oc1ccc2cc(Br)ccc2c1-c1c(OC(=O)NCC/C=C(\C)C(=O)O)ccc2cc(C#N)ccc12)C(=O)O. The number of carboxylic acids is 2. The van der Waals surface area contributed by atoms with E-state index in [-0.39, 0.29) is 48.6 Å². The second kappa shape index (κ2) is 15.6. The fraction of sp³-hybridized carbons (Fsp3) is 0.171. The average molecular weight is 701 g/mol. The monoisotopic (exact) mass is 699 g/mol. The molecule has 0 aromatic heterocycles. The third-order valence-corrected chi connectivity index (χ3v) is 7.61. The number of fused-ring (bicyclic) bond motifs is 2. The Morgan fingerprint density at radius 3 is 1.68 bits per heavy atom. The highest BCUT2D eigenvalue weighted by Crippen LogP contribution is 2.46. The number of nitriles is 1. The molecule has 47 heavy (non-hydrogen) atoms. The third kappa shape index (κ3) is 8.74. The lowest BCUT2D eigenvalue weighted by Gasteiger charge is -2.19. The Morgan fingerprint density at radius 2 is 1.21 bits per heavy atom. The maximum atomic E-state index is 13.0. The molecular weight excluding hydrogens is 670 g/mol. The Morgan fingerprint density at radius 1 is 0.745 bits per heavy atom. The summed E-state index contributed by atoms with van der Waals surface area (Å²) in [6, 6.07) is 19.4. The van der Waals surface area contributed by atoms with Gasteiger partial charge in [-0.2, -0.15) is 5.26 Å². The third-order valence-electron chi connectivity index (χ3n) is 7.11. The maximum absolute atomic E-state index is 13.0. The summed E-state index contributed by atoms with van der Waals surface area (Å²) in [7, 11) is 0. The van der Waals surface area contributed by atoms with Crippen molar-refractivity contribution in [3.63, 3.8) is 0 Å². The molecule has 0 saturated carbocycles. The molecule has 4 aromatic rings. The number of rotatable bonds is 11. The molecular formula is C35H30BrN3O8. The van der Waals surface area contributed by atoms with Crippen LogP contribution in [0.25, 0.3) is 32.7 Å². The molecule has 4 rings (SSSR count). The average Bonchev–Trinajstić information content (AvgIpc) is 3.04. The number of hydrogen-bond acceptors (Lipinski definition) is 7. The van der Waals surface area contributed by atoms with Crippen molar-refractivity contribution in [2.75, 3.05) is 13.1 Å². The van der Waals surface area contributed by atoms with Crippen molar-refractivity contribution in [2.45, 2.75) is 26.7 Å². The zero-order valence-corrected chi connectivity index (χ0v) is 27.0. The number of carbonyl (C=O) groups is 4. The fourth-order valence-corrected chi connectivity index (χ4v) is 5.10. The molecule has 2 amide bonds. The fourth-order valence-electron chi connectivity index (χ4n) is 4.72. The van der Waals surface area contributed by atoms with Crippen molar-refractivity contribution in [3.05, 3.63) is 94.0 Å². The largest absolute Gasteiger partial charge is 0.478 e. The molecule has 0 unspecified atom stereocenters. The van der Waals surface area contributed by atoms with Crippen LogP contribution in [0.2, 0.25) is 0 Å². The van der Waals surface area contributed by atoms with Gasteiger partial charge in [-0.05, 0) is 84.6 Å². The number of benzene rings is 4. The molecule has 0 bridgehead atoms. The summed E-state index contributed by atoms with van der Waals surface area (Å²) in [5.41, 5.74) is 1.61. The number of nitrogens with zero attached hydrogens (tertiary/aromatic N) is 1. The van der Waals surface area contributed by atoms with Gasteiger partial charge in [-0.1, -0.05) is 52.3 Å². The van der Waals surface area contributed by atoms with E-state index in [0.29, 0.717) is 32.8 Å². The lowest BCUT2D eigenvalue weighted by molar-refractivity contribution is -0.133. The zero-order chi connectivity index (χ0) is 34.1. The molecule has 0 aliphatic carbocycles. The smallest absolute Gasteiger partial charge is 0.412 e. The molecule has 0 atom stereocenters. The summed E-state index contributed by atoms with van der Waals surface area (Å²) < 4.78 is 12.4. The number of hydrogen-bond donors (Lipinski definition) is 4. The standard InChI is InChI=1S/C35H30BrN3O8/c1-20(32(40)41)5-3-15-38-34(44)46-28-13-8-23-17-22(19-37)7-11-26(23)30(28)31-27-12-10-25(36)18-24(27)9-14-29(31)47-35(45)39-16-4-6-21(2)33(42)43/h5-14,17-18H,3-4,15-16H2,1-2H3,(H,38,44)(H,39,45)(H,40,41)(H,42,43)/b20-5+,21-6+. The summed E-state index contributed by atoms with van der Waals surface area (Å²) in [4.78, 5) is 48.0. The van der Waals surface area contributed by atoms with Crippen LogP contribution >= 0.6 is 15.9 Å². The van der Waals surface area contributed by atoms with Crippen LogP contribution in [0.3, 0.4) is 0 Å². The predicted molar refractivity (Wildman–Crippen MR) is 179 cm³/mol. The highest BCUT2D eigenvalue weighted by atomic mass is 79.9. The molecule has 0 heterocycles. The zero-order valence-electron chi connectivity index (χ0n) is 25.4. The number of halogens is 1. The number of carbonyl (C=O) groups excluding carboxylic acids is 2. The lowest BCUT2D eigenvalue weighted by Crippen LogP contribution is -2.28. The van der Waals surface area contributed by atoms with Crippen molar-refractivity contribution in [1.29, 1.82) is 5.26 Å². The number of aliphatic carboxylic acids is 2. The number of nitrogens with one attached hydrogen (secondary N) is 2. The number of amides is 2. The number of ether oxygens (including phenoxy) is 2. The van der Waals surface area contributed by atoms with Crippen LogP contribution < -0.4 is 20.1 Å². The molecule has 0 saturated heterocycles. The van der Waals surface area contributed by atoms with Gasteiger partial charge in [-0.15, -0.1) is 0 Å². The van der Waals surface area contributed by atoms with Gasteiger partial charge < -0.3 is 30.3 Å². The van der Waals surface area contributed by atoms with Crippen LogP contribution in [0.1, 0.15) is 32.3 Å². The minimum atomic E-state index is -1.05. The van der Waals surface area contributed by atoms with Crippen molar-refractivity contribution in [2.24, 2.45) is 0 Å². The summed E-state index contributed by atoms with van der Waals surface area (Å²) in [6.45, 7) is 3.16. The van der Waals surface area contributed by atoms with Crippen molar-refractivity contribution >= 4 is 61.6 Å². The molecule has 0 aliphatic heterocycles.